The molecule has 170 valence electrons. The van der Waals surface area contributed by atoms with Gasteiger partial charge in [0.05, 0.1) is 19.5 Å². The second-order valence-electron chi connectivity index (χ2n) is 8.01. The molecule has 1 N–H and O–H groups in total. The van der Waals surface area contributed by atoms with E-state index in [-0.39, 0.29) is 5.91 Å². The lowest BCUT2D eigenvalue weighted by Gasteiger charge is -2.15. The van der Waals surface area contributed by atoms with Gasteiger partial charge in [0.25, 0.3) is 0 Å². The van der Waals surface area contributed by atoms with Gasteiger partial charge in [-0.25, -0.2) is 0 Å². The van der Waals surface area contributed by atoms with Crippen LogP contribution in [-0.4, -0.2) is 32.8 Å². The quantitative estimate of drug-likeness (QED) is 0.263. The molecule has 3 aromatic carbocycles. The Morgan fingerprint density at radius 2 is 1.91 bits per heavy atom. The third-order valence-electron chi connectivity index (χ3n) is 5.77. The second kappa shape index (κ2) is 9.92. The molecular weight excluding hydrogens is 414 g/mol. The number of rotatable bonds is 8. The van der Waals surface area contributed by atoms with Crippen molar-refractivity contribution in [1.82, 2.24) is 5.32 Å². The third kappa shape index (κ3) is 4.64. The van der Waals surface area contributed by atoms with Gasteiger partial charge in [-0.2, -0.15) is 0 Å². The van der Waals surface area contributed by atoms with E-state index in [1.54, 1.807) is 19.4 Å². The van der Waals surface area contributed by atoms with Crippen LogP contribution in [0.2, 0.25) is 0 Å². The summed E-state index contributed by atoms with van der Waals surface area (Å²) in [4.78, 5) is 12.4. The van der Waals surface area contributed by atoms with Gasteiger partial charge in [-0.05, 0) is 54.8 Å². The maximum Gasteiger partial charge on any atom is 0.244 e. The number of amides is 1. The van der Waals surface area contributed by atoms with Crippen molar-refractivity contribution >= 4 is 33.2 Å². The van der Waals surface area contributed by atoms with E-state index in [1.807, 2.05) is 32.9 Å². The van der Waals surface area contributed by atoms with E-state index in [0.717, 1.165) is 44.5 Å². The number of allylic oxidation sites excluding steroid dienone is 1. The van der Waals surface area contributed by atoms with Crippen molar-refractivity contribution in [2.24, 2.45) is 0 Å². The van der Waals surface area contributed by atoms with Crippen molar-refractivity contribution in [3.8, 4) is 16.9 Å². The molecule has 0 radical (unpaired) electrons. The number of carbonyl (C=O) groups excluding carboxylic acids is 1. The van der Waals surface area contributed by atoms with Gasteiger partial charge in [0.15, 0.2) is 0 Å². The Labute approximate surface area is 194 Å². The third-order valence-corrected chi connectivity index (χ3v) is 5.77. The van der Waals surface area contributed by atoms with Crippen molar-refractivity contribution in [3.05, 3.63) is 72.0 Å². The Hall–Kier alpha value is -3.57. The molecule has 0 saturated heterocycles. The lowest BCUT2D eigenvalue weighted by molar-refractivity contribution is -0.116. The highest BCUT2D eigenvalue weighted by Gasteiger charge is 2.19. The number of fused-ring (bicyclic) bond motifs is 2. The fourth-order valence-electron chi connectivity index (χ4n) is 4.12. The zero-order chi connectivity index (χ0) is 23.4. The predicted molar refractivity (Wildman–Crippen MR) is 134 cm³/mol. The van der Waals surface area contributed by atoms with Gasteiger partial charge in [0, 0.05) is 41.8 Å². The Morgan fingerprint density at radius 1 is 1.12 bits per heavy atom. The molecule has 0 bridgehead atoms. The molecule has 0 aliphatic heterocycles. The molecule has 0 aliphatic carbocycles. The summed E-state index contributed by atoms with van der Waals surface area (Å²) in [5.41, 5.74) is 5.52. The van der Waals surface area contributed by atoms with Crippen LogP contribution in [0.3, 0.4) is 0 Å². The standard InChI is InChI=1S/C28H29NO4/c1-5-32-27-19(3)28-24(16-23(27)18(2)14-26(30)29-12-13-31-4)25(17-33-28)22-11-10-20-8-6-7-9-21(20)15-22/h6-11,14-17H,5,12-13H2,1-4H3,(H,29,30)/b18-14+. The van der Waals surface area contributed by atoms with Crippen molar-refractivity contribution in [2.75, 3.05) is 26.9 Å². The summed E-state index contributed by atoms with van der Waals surface area (Å²) in [6.45, 7) is 7.32. The molecule has 0 aliphatic rings. The van der Waals surface area contributed by atoms with Gasteiger partial charge >= 0.3 is 0 Å². The zero-order valence-electron chi connectivity index (χ0n) is 19.5. The van der Waals surface area contributed by atoms with Crippen molar-refractivity contribution in [2.45, 2.75) is 20.8 Å². The first kappa shape index (κ1) is 22.6. The summed E-state index contributed by atoms with van der Waals surface area (Å²) >= 11 is 0. The molecule has 0 saturated carbocycles. The van der Waals surface area contributed by atoms with Gasteiger partial charge in [-0.15, -0.1) is 0 Å². The van der Waals surface area contributed by atoms with Crippen molar-refractivity contribution < 1.29 is 18.7 Å². The molecule has 5 heteroatoms. The van der Waals surface area contributed by atoms with Crippen LogP contribution in [0, 0.1) is 6.92 Å². The van der Waals surface area contributed by atoms with Crippen LogP contribution < -0.4 is 10.1 Å². The molecular formula is C28H29NO4. The van der Waals surface area contributed by atoms with Crippen LogP contribution in [0.25, 0.3) is 38.4 Å². The van der Waals surface area contributed by atoms with E-state index in [0.29, 0.717) is 19.8 Å². The molecule has 33 heavy (non-hydrogen) atoms. The minimum absolute atomic E-state index is 0.160. The van der Waals surface area contributed by atoms with Crippen LogP contribution in [0.4, 0.5) is 0 Å². The van der Waals surface area contributed by atoms with Gasteiger partial charge < -0.3 is 19.2 Å². The summed E-state index contributed by atoms with van der Waals surface area (Å²) in [6, 6.07) is 16.8. The number of nitrogens with one attached hydrogen (secondary N) is 1. The highest BCUT2D eigenvalue weighted by Crippen LogP contribution is 2.41. The fourth-order valence-corrected chi connectivity index (χ4v) is 4.12. The van der Waals surface area contributed by atoms with Gasteiger partial charge in [-0.1, -0.05) is 36.4 Å². The summed E-state index contributed by atoms with van der Waals surface area (Å²) in [5.74, 6) is 0.578. The Bertz CT molecular complexity index is 1330. The lowest BCUT2D eigenvalue weighted by atomic mass is 9.95. The first-order valence-corrected chi connectivity index (χ1v) is 11.2. The van der Waals surface area contributed by atoms with Crippen LogP contribution in [0.5, 0.6) is 5.75 Å². The Kier molecular flexibility index (Phi) is 6.80. The van der Waals surface area contributed by atoms with E-state index in [1.165, 1.54) is 10.8 Å². The number of furan rings is 1. The number of ether oxygens (including phenoxy) is 2. The van der Waals surface area contributed by atoms with Gasteiger partial charge in [0.1, 0.15) is 11.3 Å². The van der Waals surface area contributed by atoms with Crippen LogP contribution in [0.15, 0.2) is 65.3 Å². The molecule has 1 aromatic heterocycles. The first-order valence-electron chi connectivity index (χ1n) is 11.2. The number of benzene rings is 3. The number of carbonyl (C=O) groups is 1. The molecule has 5 nitrogen and oxygen atoms in total. The van der Waals surface area contributed by atoms with E-state index >= 15 is 0 Å². The molecule has 1 heterocycles. The van der Waals surface area contributed by atoms with Crippen LogP contribution in [0.1, 0.15) is 25.0 Å². The second-order valence-corrected chi connectivity index (χ2v) is 8.01. The largest absolute Gasteiger partial charge is 0.493 e. The number of hydrogen-bond donors (Lipinski definition) is 1. The van der Waals surface area contributed by atoms with Gasteiger partial charge in [-0.3, -0.25) is 4.79 Å². The number of hydrogen-bond acceptors (Lipinski definition) is 4. The van der Waals surface area contributed by atoms with E-state index in [9.17, 15) is 4.79 Å². The van der Waals surface area contributed by atoms with E-state index in [4.69, 9.17) is 13.9 Å². The number of aryl methyl sites for hydroxylation is 1. The normalized spacial score (nSPS) is 11.8. The molecule has 0 atom stereocenters. The number of methoxy groups -OCH3 is 1. The van der Waals surface area contributed by atoms with Crippen molar-refractivity contribution in [1.29, 1.82) is 0 Å². The van der Waals surface area contributed by atoms with E-state index < -0.39 is 0 Å². The SMILES string of the molecule is CCOc1c(/C(C)=C/C(=O)NCCOC)cc2c(-c3ccc4ccccc4c3)coc2c1C. The first-order chi connectivity index (χ1) is 16.0. The minimum Gasteiger partial charge on any atom is -0.493 e. The topological polar surface area (TPSA) is 60.7 Å². The minimum atomic E-state index is -0.160. The Balaban J connectivity index is 1.82. The molecule has 0 spiro atoms. The summed E-state index contributed by atoms with van der Waals surface area (Å²) in [7, 11) is 1.61. The lowest BCUT2D eigenvalue weighted by Crippen LogP contribution is -2.25. The average molecular weight is 444 g/mol. The smallest absolute Gasteiger partial charge is 0.244 e. The monoisotopic (exact) mass is 443 g/mol. The fraction of sp³-hybridized carbons (Fsp3) is 0.250. The zero-order valence-corrected chi connectivity index (χ0v) is 19.5. The maximum atomic E-state index is 12.4. The highest BCUT2D eigenvalue weighted by molar-refractivity contribution is 6.02. The van der Waals surface area contributed by atoms with Crippen LogP contribution >= 0.6 is 0 Å². The summed E-state index contributed by atoms with van der Waals surface area (Å²) < 4.78 is 17.0. The molecule has 4 rings (SSSR count). The summed E-state index contributed by atoms with van der Waals surface area (Å²) in [5, 5.41) is 6.21. The highest BCUT2D eigenvalue weighted by atomic mass is 16.5. The van der Waals surface area contributed by atoms with Crippen LogP contribution in [-0.2, 0) is 9.53 Å². The van der Waals surface area contributed by atoms with Gasteiger partial charge in [0.2, 0.25) is 5.91 Å². The maximum absolute atomic E-state index is 12.4. The average Bonchev–Trinajstić information content (AvgIpc) is 3.25. The molecule has 4 aromatic rings. The predicted octanol–water partition coefficient (Wildman–Crippen LogP) is 6.13. The summed E-state index contributed by atoms with van der Waals surface area (Å²) in [6.07, 6.45) is 3.41. The molecule has 0 unspecified atom stereocenters. The molecule has 1 amide bonds. The van der Waals surface area contributed by atoms with E-state index in [2.05, 4.69) is 41.7 Å². The Morgan fingerprint density at radius 3 is 2.67 bits per heavy atom. The molecule has 0 fully saturated rings. The van der Waals surface area contributed by atoms with Crippen molar-refractivity contribution in [3.63, 3.8) is 0 Å².